The van der Waals surface area contributed by atoms with E-state index in [1.165, 1.54) is 0 Å². The Kier molecular flexibility index (Phi) is 4.36. The lowest BCUT2D eigenvalue weighted by Crippen LogP contribution is -2.50. The standard InChI is InChI=1S/C13H20BrN3O3/c1-5-9(14)11-15-10(16-20-11)8-6-17(7-8)12(18)19-13(2,3)4/h8-9H,5-7H2,1-4H3. The number of likely N-dealkylation sites (tertiary alicyclic amines) is 1. The van der Waals surface area contributed by atoms with Crippen LogP contribution in [0.2, 0.25) is 0 Å². The predicted octanol–water partition coefficient (Wildman–Crippen LogP) is 3.25. The molecule has 0 bridgehead atoms. The van der Waals surface area contributed by atoms with Crippen molar-refractivity contribution in [3.05, 3.63) is 11.7 Å². The van der Waals surface area contributed by atoms with Crippen molar-refractivity contribution in [3.8, 4) is 0 Å². The van der Waals surface area contributed by atoms with Crippen LogP contribution in [-0.4, -0.2) is 39.8 Å². The molecule has 2 heterocycles. The van der Waals surface area contributed by atoms with Crippen molar-refractivity contribution in [1.29, 1.82) is 0 Å². The molecular formula is C13H20BrN3O3. The summed E-state index contributed by atoms with van der Waals surface area (Å²) in [7, 11) is 0. The lowest BCUT2D eigenvalue weighted by Gasteiger charge is -2.38. The number of carbonyl (C=O) groups is 1. The fourth-order valence-electron chi connectivity index (χ4n) is 1.83. The highest BCUT2D eigenvalue weighted by atomic mass is 79.9. The van der Waals surface area contributed by atoms with Gasteiger partial charge in [0, 0.05) is 13.1 Å². The maximum Gasteiger partial charge on any atom is 0.410 e. The zero-order valence-electron chi connectivity index (χ0n) is 12.2. The second kappa shape index (κ2) is 5.71. The van der Waals surface area contributed by atoms with Gasteiger partial charge in [-0.05, 0) is 27.2 Å². The van der Waals surface area contributed by atoms with Crippen LogP contribution in [0.1, 0.15) is 56.6 Å². The molecular weight excluding hydrogens is 326 g/mol. The number of nitrogens with zero attached hydrogens (tertiary/aromatic N) is 3. The van der Waals surface area contributed by atoms with E-state index < -0.39 is 5.60 Å². The van der Waals surface area contributed by atoms with Crippen LogP contribution in [0.3, 0.4) is 0 Å². The smallest absolute Gasteiger partial charge is 0.410 e. The first-order chi connectivity index (χ1) is 9.30. The Morgan fingerprint density at radius 2 is 2.20 bits per heavy atom. The summed E-state index contributed by atoms with van der Waals surface area (Å²) in [5, 5.41) is 3.98. The molecule has 20 heavy (non-hydrogen) atoms. The average molecular weight is 346 g/mol. The minimum atomic E-state index is -0.466. The summed E-state index contributed by atoms with van der Waals surface area (Å²) in [6.45, 7) is 8.76. The Labute approximate surface area is 127 Å². The van der Waals surface area contributed by atoms with Crippen LogP contribution in [0.25, 0.3) is 0 Å². The van der Waals surface area contributed by atoms with Crippen LogP contribution in [-0.2, 0) is 4.74 Å². The van der Waals surface area contributed by atoms with Gasteiger partial charge in [-0.2, -0.15) is 4.98 Å². The maximum absolute atomic E-state index is 11.8. The van der Waals surface area contributed by atoms with Crippen LogP contribution in [0.4, 0.5) is 4.79 Å². The summed E-state index contributed by atoms with van der Waals surface area (Å²) >= 11 is 3.47. The Balaban J connectivity index is 1.87. The number of hydrogen-bond acceptors (Lipinski definition) is 5. The van der Waals surface area contributed by atoms with Crippen LogP contribution in [0.15, 0.2) is 4.52 Å². The van der Waals surface area contributed by atoms with Gasteiger partial charge in [0.2, 0.25) is 5.89 Å². The molecule has 1 atom stereocenters. The van der Waals surface area contributed by atoms with Gasteiger partial charge in [-0.15, -0.1) is 0 Å². The molecule has 1 aliphatic rings. The molecule has 0 saturated carbocycles. The number of rotatable bonds is 3. The van der Waals surface area contributed by atoms with Crippen molar-refractivity contribution < 1.29 is 14.1 Å². The van der Waals surface area contributed by atoms with E-state index in [1.807, 2.05) is 27.7 Å². The van der Waals surface area contributed by atoms with E-state index in [9.17, 15) is 4.79 Å². The summed E-state index contributed by atoms with van der Waals surface area (Å²) in [6.07, 6.45) is 0.598. The Hall–Kier alpha value is -1.11. The summed E-state index contributed by atoms with van der Waals surface area (Å²) in [4.78, 5) is 17.9. The van der Waals surface area contributed by atoms with Crippen LogP contribution >= 0.6 is 15.9 Å². The van der Waals surface area contributed by atoms with Crippen LogP contribution < -0.4 is 0 Å². The molecule has 0 spiro atoms. The van der Waals surface area contributed by atoms with Crippen LogP contribution in [0, 0.1) is 0 Å². The number of ether oxygens (including phenoxy) is 1. The van der Waals surface area contributed by atoms with Crippen molar-refractivity contribution >= 4 is 22.0 Å². The second-order valence-electron chi connectivity index (χ2n) is 5.95. The Morgan fingerprint density at radius 1 is 1.55 bits per heavy atom. The molecule has 7 heteroatoms. The molecule has 112 valence electrons. The number of carbonyl (C=O) groups excluding carboxylic acids is 1. The molecule has 1 saturated heterocycles. The Morgan fingerprint density at radius 3 is 2.75 bits per heavy atom. The van der Waals surface area contributed by atoms with Gasteiger partial charge in [0.15, 0.2) is 5.82 Å². The van der Waals surface area contributed by atoms with E-state index in [0.717, 1.165) is 6.42 Å². The van der Waals surface area contributed by atoms with Crippen molar-refractivity contribution in [1.82, 2.24) is 15.0 Å². The zero-order chi connectivity index (χ0) is 14.9. The molecule has 1 aromatic heterocycles. The molecule has 2 rings (SSSR count). The van der Waals surface area contributed by atoms with Gasteiger partial charge in [-0.25, -0.2) is 4.79 Å². The van der Waals surface area contributed by atoms with Gasteiger partial charge in [0.1, 0.15) is 5.60 Å². The highest BCUT2D eigenvalue weighted by Crippen LogP contribution is 2.29. The number of aromatic nitrogens is 2. The monoisotopic (exact) mass is 345 g/mol. The zero-order valence-corrected chi connectivity index (χ0v) is 13.8. The summed E-state index contributed by atoms with van der Waals surface area (Å²) in [6, 6.07) is 0. The number of halogens is 1. The molecule has 0 aliphatic carbocycles. The number of amides is 1. The van der Waals surface area contributed by atoms with Crippen molar-refractivity contribution in [2.75, 3.05) is 13.1 Å². The van der Waals surface area contributed by atoms with Crippen molar-refractivity contribution in [3.63, 3.8) is 0 Å². The third kappa shape index (κ3) is 3.50. The number of hydrogen-bond donors (Lipinski definition) is 0. The fourth-order valence-corrected chi connectivity index (χ4v) is 2.02. The minimum Gasteiger partial charge on any atom is -0.444 e. The quantitative estimate of drug-likeness (QED) is 0.786. The minimum absolute atomic E-state index is 0.0887. The van der Waals surface area contributed by atoms with E-state index in [2.05, 4.69) is 26.1 Å². The molecule has 1 aromatic rings. The molecule has 1 fully saturated rings. The lowest BCUT2D eigenvalue weighted by atomic mass is 10.0. The summed E-state index contributed by atoms with van der Waals surface area (Å²) in [5.74, 6) is 1.40. The normalized spacial score (nSPS) is 17.8. The third-order valence-electron chi connectivity index (χ3n) is 2.98. The topological polar surface area (TPSA) is 68.5 Å². The second-order valence-corrected chi connectivity index (χ2v) is 7.05. The van der Waals surface area contributed by atoms with Crippen LogP contribution in [0.5, 0.6) is 0 Å². The molecule has 0 aromatic carbocycles. The Bertz CT molecular complexity index is 477. The van der Waals surface area contributed by atoms with Gasteiger partial charge in [0.05, 0.1) is 10.7 Å². The van der Waals surface area contributed by atoms with Crippen molar-refractivity contribution in [2.45, 2.75) is 50.5 Å². The molecule has 0 radical (unpaired) electrons. The van der Waals surface area contributed by atoms with E-state index in [1.54, 1.807) is 4.90 Å². The highest BCUT2D eigenvalue weighted by molar-refractivity contribution is 9.09. The van der Waals surface area contributed by atoms with E-state index in [-0.39, 0.29) is 16.8 Å². The first kappa shape index (κ1) is 15.3. The van der Waals surface area contributed by atoms with Gasteiger partial charge in [0.25, 0.3) is 0 Å². The fraction of sp³-hybridized carbons (Fsp3) is 0.769. The summed E-state index contributed by atoms with van der Waals surface area (Å²) in [5.41, 5.74) is -0.466. The molecule has 0 N–H and O–H groups in total. The first-order valence-electron chi connectivity index (χ1n) is 6.75. The largest absolute Gasteiger partial charge is 0.444 e. The third-order valence-corrected chi connectivity index (χ3v) is 4.02. The molecule has 1 unspecified atom stereocenters. The van der Waals surface area contributed by atoms with Crippen molar-refractivity contribution in [2.24, 2.45) is 0 Å². The van der Waals surface area contributed by atoms with E-state index >= 15 is 0 Å². The van der Waals surface area contributed by atoms with Gasteiger partial charge < -0.3 is 14.2 Å². The van der Waals surface area contributed by atoms with Gasteiger partial charge in [-0.3, -0.25) is 0 Å². The molecule has 1 amide bonds. The summed E-state index contributed by atoms with van der Waals surface area (Å²) < 4.78 is 10.5. The van der Waals surface area contributed by atoms with Gasteiger partial charge >= 0.3 is 6.09 Å². The molecule has 6 nitrogen and oxygen atoms in total. The van der Waals surface area contributed by atoms with E-state index in [4.69, 9.17) is 9.26 Å². The van der Waals surface area contributed by atoms with E-state index in [0.29, 0.717) is 24.8 Å². The highest BCUT2D eigenvalue weighted by Gasteiger charge is 2.37. The molecule has 1 aliphatic heterocycles. The first-order valence-corrected chi connectivity index (χ1v) is 7.67. The lowest BCUT2D eigenvalue weighted by molar-refractivity contribution is 0.00734. The average Bonchev–Trinajstić information content (AvgIpc) is 2.72. The SMILES string of the molecule is CCC(Br)c1nc(C2CN(C(=O)OC(C)(C)C)C2)no1. The number of alkyl halides is 1. The van der Waals surface area contributed by atoms with Gasteiger partial charge in [-0.1, -0.05) is 28.0 Å². The maximum atomic E-state index is 11.8. The predicted molar refractivity (Wildman–Crippen MR) is 76.8 cm³/mol.